The Labute approximate surface area is 119 Å². The minimum absolute atomic E-state index is 0.830. The fourth-order valence-electron chi connectivity index (χ4n) is 4.84. The summed E-state index contributed by atoms with van der Waals surface area (Å²) in [6, 6.07) is 1.68. The first-order chi connectivity index (χ1) is 9.24. The topological polar surface area (TPSA) is 12.0 Å². The molecular formula is C18H33N. The summed E-state index contributed by atoms with van der Waals surface area (Å²) < 4.78 is 0. The molecule has 0 aromatic heterocycles. The highest BCUT2D eigenvalue weighted by atomic mass is 15.0. The Hall–Kier alpha value is -0.0400. The lowest BCUT2D eigenvalue weighted by molar-refractivity contribution is 0.164. The van der Waals surface area contributed by atoms with Crippen LogP contribution in [0.5, 0.6) is 0 Å². The summed E-state index contributed by atoms with van der Waals surface area (Å²) in [6.45, 7) is 4.86. The van der Waals surface area contributed by atoms with Crippen molar-refractivity contribution in [2.45, 2.75) is 90.1 Å². The lowest BCUT2D eigenvalue weighted by Crippen LogP contribution is -2.47. The summed E-state index contributed by atoms with van der Waals surface area (Å²) >= 11 is 0. The number of rotatable bonds is 4. The molecule has 4 unspecified atom stereocenters. The van der Waals surface area contributed by atoms with Crippen molar-refractivity contribution >= 4 is 0 Å². The summed E-state index contributed by atoms with van der Waals surface area (Å²) in [5.74, 6) is 4.00. The molecule has 0 aromatic rings. The van der Waals surface area contributed by atoms with Gasteiger partial charge >= 0.3 is 0 Å². The molecule has 0 bridgehead atoms. The van der Waals surface area contributed by atoms with Gasteiger partial charge in [-0.2, -0.15) is 0 Å². The molecule has 4 atom stereocenters. The van der Waals surface area contributed by atoms with Gasteiger partial charge < -0.3 is 5.32 Å². The van der Waals surface area contributed by atoms with Crippen molar-refractivity contribution in [2.75, 3.05) is 0 Å². The lowest BCUT2D eigenvalue weighted by atomic mass is 9.76. The molecule has 3 aliphatic carbocycles. The molecule has 19 heavy (non-hydrogen) atoms. The van der Waals surface area contributed by atoms with Crippen molar-refractivity contribution in [3.63, 3.8) is 0 Å². The smallest absolute Gasteiger partial charge is 0.0100 e. The van der Waals surface area contributed by atoms with Gasteiger partial charge in [-0.15, -0.1) is 0 Å². The molecule has 0 spiro atoms. The van der Waals surface area contributed by atoms with Crippen LogP contribution in [-0.2, 0) is 0 Å². The van der Waals surface area contributed by atoms with E-state index in [0.29, 0.717) is 0 Å². The molecule has 0 heterocycles. The Bertz CT molecular complexity index is 281. The van der Waals surface area contributed by atoms with E-state index in [-0.39, 0.29) is 0 Å². The second-order valence-electron chi connectivity index (χ2n) is 7.93. The van der Waals surface area contributed by atoms with Crippen molar-refractivity contribution in [1.82, 2.24) is 5.32 Å². The Morgan fingerprint density at radius 1 is 0.789 bits per heavy atom. The van der Waals surface area contributed by atoms with Gasteiger partial charge in [-0.1, -0.05) is 39.5 Å². The number of hydrogen-bond acceptors (Lipinski definition) is 1. The van der Waals surface area contributed by atoms with E-state index in [0.717, 1.165) is 35.8 Å². The van der Waals surface area contributed by atoms with Crippen LogP contribution in [0.25, 0.3) is 0 Å². The normalized spacial score (nSPS) is 40.6. The molecule has 110 valence electrons. The summed E-state index contributed by atoms with van der Waals surface area (Å²) in [5.41, 5.74) is 0. The van der Waals surface area contributed by atoms with E-state index in [1.165, 1.54) is 64.2 Å². The lowest BCUT2D eigenvalue weighted by Gasteiger charge is -2.40. The van der Waals surface area contributed by atoms with E-state index in [1.54, 1.807) is 0 Å². The Kier molecular flexibility index (Phi) is 4.51. The molecule has 3 aliphatic rings. The highest BCUT2D eigenvalue weighted by Gasteiger charge is 2.36. The van der Waals surface area contributed by atoms with Gasteiger partial charge in [0.25, 0.3) is 0 Å². The van der Waals surface area contributed by atoms with Crippen molar-refractivity contribution in [1.29, 1.82) is 0 Å². The van der Waals surface area contributed by atoms with E-state index < -0.39 is 0 Å². The quantitative estimate of drug-likeness (QED) is 0.771. The third-order valence-electron chi connectivity index (χ3n) is 6.13. The van der Waals surface area contributed by atoms with Crippen LogP contribution in [0.4, 0.5) is 0 Å². The molecule has 0 amide bonds. The highest BCUT2D eigenvalue weighted by molar-refractivity contribution is 4.91. The summed E-state index contributed by atoms with van der Waals surface area (Å²) in [7, 11) is 0. The first-order valence-corrected chi connectivity index (χ1v) is 9.00. The van der Waals surface area contributed by atoms with Crippen LogP contribution in [0, 0.1) is 23.7 Å². The maximum atomic E-state index is 4.10. The third kappa shape index (κ3) is 3.54. The molecular weight excluding hydrogens is 230 g/mol. The zero-order chi connectivity index (χ0) is 13.2. The van der Waals surface area contributed by atoms with Crippen LogP contribution in [-0.4, -0.2) is 12.1 Å². The fraction of sp³-hybridized carbons (Fsp3) is 1.00. The summed E-state index contributed by atoms with van der Waals surface area (Å²) in [4.78, 5) is 0. The third-order valence-corrected chi connectivity index (χ3v) is 6.13. The van der Waals surface area contributed by atoms with Gasteiger partial charge in [0.1, 0.15) is 0 Å². The predicted octanol–water partition coefficient (Wildman–Crippen LogP) is 4.76. The molecule has 0 aliphatic heterocycles. The van der Waals surface area contributed by atoms with E-state index >= 15 is 0 Å². The van der Waals surface area contributed by atoms with Gasteiger partial charge in [-0.05, 0) is 62.2 Å². The van der Waals surface area contributed by atoms with Gasteiger partial charge in [0.15, 0.2) is 0 Å². The van der Waals surface area contributed by atoms with E-state index in [4.69, 9.17) is 0 Å². The first kappa shape index (κ1) is 13.9. The SMILES string of the molecule is CC(C)C1CCCCC1NC1CCCC(C2CC2)C1. The molecule has 1 N–H and O–H groups in total. The van der Waals surface area contributed by atoms with E-state index in [1.807, 2.05) is 0 Å². The van der Waals surface area contributed by atoms with Crippen LogP contribution in [0.15, 0.2) is 0 Å². The minimum Gasteiger partial charge on any atom is -0.311 e. The van der Waals surface area contributed by atoms with Gasteiger partial charge in [0, 0.05) is 12.1 Å². The van der Waals surface area contributed by atoms with Gasteiger partial charge in [0.2, 0.25) is 0 Å². The molecule has 3 saturated carbocycles. The zero-order valence-corrected chi connectivity index (χ0v) is 13.0. The Morgan fingerprint density at radius 2 is 1.58 bits per heavy atom. The fourth-order valence-corrected chi connectivity index (χ4v) is 4.84. The molecule has 3 rings (SSSR count). The maximum Gasteiger partial charge on any atom is 0.0100 e. The highest BCUT2D eigenvalue weighted by Crippen LogP contribution is 2.44. The van der Waals surface area contributed by atoms with Crippen molar-refractivity contribution in [3.05, 3.63) is 0 Å². The number of nitrogens with one attached hydrogen (secondary N) is 1. The van der Waals surface area contributed by atoms with Gasteiger partial charge in [-0.25, -0.2) is 0 Å². The van der Waals surface area contributed by atoms with Crippen molar-refractivity contribution < 1.29 is 0 Å². The van der Waals surface area contributed by atoms with Crippen LogP contribution in [0.3, 0.4) is 0 Å². The van der Waals surface area contributed by atoms with Crippen LogP contribution in [0.2, 0.25) is 0 Å². The molecule has 0 radical (unpaired) electrons. The first-order valence-electron chi connectivity index (χ1n) is 9.00. The molecule has 3 fully saturated rings. The van der Waals surface area contributed by atoms with E-state index in [2.05, 4.69) is 19.2 Å². The molecule has 1 nitrogen and oxygen atoms in total. The molecule has 1 heteroatoms. The summed E-state index contributed by atoms with van der Waals surface area (Å²) in [6.07, 6.45) is 14.9. The average molecular weight is 263 g/mol. The van der Waals surface area contributed by atoms with E-state index in [9.17, 15) is 0 Å². The standard InChI is InChI=1S/C18H33N/c1-13(2)17-8-3-4-9-18(17)19-16-7-5-6-15(12-16)14-10-11-14/h13-19H,3-12H2,1-2H3. The second kappa shape index (κ2) is 6.16. The van der Waals surface area contributed by atoms with Crippen molar-refractivity contribution in [3.8, 4) is 0 Å². The average Bonchev–Trinajstić information content (AvgIpc) is 3.24. The molecule has 0 saturated heterocycles. The number of hydrogen-bond donors (Lipinski definition) is 1. The largest absolute Gasteiger partial charge is 0.311 e. The minimum atomic E-state index is 0.830. The monoisotopic (exact) mass is 263 g/mol. The summed E-state index contributed by atoms with van der Waals surface area (Å²) in [5, 5.41) is 4.10. The van der Waals surface area contributed by atoms with Crippen LogP contribution >= 0.6 is 0 Å². The Morgan fingerprint density at radius 3 is 2.32 bits per heavy atom. The van der Waals surface area contributed by atoms with Crippen LogP contribution in [0.1, 0.15) is 78.1 Å². The maximum absolute atomic E-state index is 4.10. The van der Waals surface area contributed by atoms with Gasteiger partial charge in [0.05, 0.1) is 0 Å². The van der Waals surface area contributed by atoms with Crippen molar-refractivity contribution in [2.24, 2.45) is 23.7 Å². The second-order valence-corrected chi connectivity index (χ2v) is 7.93. The zero-order valence-electron chi connectivity index (χ0n) is 13.0. The predicted molar refractivity (Wildman–Crippen MR) is 82.2 cm³/mol. The Balaban J connectivity index is 1.53. The van der Waals surface area contributed by atoms with Gasteiger partial charge in [-0.3, -0.25) is 0 Å². The molecule has 0 aromatic carbocycles. The van der Waals surface area contributed by atoms with Crippen LogP contribution < -0.4 is 5.32 Å².